The van der Waals surface area contributed by atoms with Crippen molar-refractivity contribution in [3.8, 4) is 22.4 Å². The second-order valence-corrected chi connectivity index (χ2v) is 14.1. The van der Waals surface area contributed by atoms with Gasteiger partial charge in [0, 0.05) is 38.0 Å². The van der Waals surface area contributed by atoms with E-state index in [9.17, 15) is 14.4 Å². The minimum absolute atomic E-state index is 0.0448. The summed E-state index contributed by atoms with van der Waals surface area (Å²) in [6.45, 7) is 2.01. The normalized spacial score (nSPS) is 21.7. The van der Waals surface area contributed by atoms with Crippen LogP contribution in [0.4, 0.5) is 4.79 Å². The lowest BCUT2D eigenvalue weighted by molar-refractivity contribution is -0.142. The lowest BCUT2D eigenvalue weighted by Crippen LogP contribution is -2.47. The van der Waals surface area contributed by atoms with E-state index in [0.29, 0.717) is 25.1 Å². The molecule has 0 unspecified atom stereocenters. The summed E-state index contributed by atoms with van der Waals surface area (Å²) < 4.78 is 10.5. The minimum Gasteiger partial charge on any atom is -0.453 e. The smallest absolute Gasteiger partial charge is 0.407 e. The van der Waals surface area contributed by atoms with Gasteiger partial charge in [0.1, 0.15) is 18.0 Å². The van der Waals surface area contributed by atoms with Crippen LogP contribution in [0.2, 0.25) is 0 Å². The average Bonchev–Trinajstić information content (AvgIpc) is 4.06. The highest BCUT2D eigenvalue weighted by Gasteiger charge is 2.39. The Labute approximate surface area is 309 Å². The summed E-state index contributed by atoms with van der Waals surface area (Å²) in [5.74, 6) is 0.758. The number of hydrogen-bond donors (Lipinski definition) is 2. The van der Waals surface area contributed by atoms with E-state index >= 15 is 0 Å². The number of aromatic amines is 1. The van der Waals surface area contributed by atoms with Gasteiger partial charge in [-0.3, -0.25) is 14.6 Å². The lowest BCUT2D eigenvalue weighted by Gasteiger charge is -2.29. The molecule has 8 rings (SSSR count). The molecule has 1 aromatic heterocycles. The van der Waals surface area contributed by atoms with Gasteiger partial charge in [0.2, 0.25) is 5.91 Å². The summed E-state index contributed by atoms with van der Waals surface area (Å²) in [6.07, 6.45) is 8.78. The minimum atomic E-state index is -0.839. The molecule has 0 radical (unpaired) electrons. The third kappa shape index (κ3) is 7.13. The molecule has 2 N–H and O–H groups in total. The van der Waals surface area contributed by atoms with Crippen molar-refractivity contribution in [2.24, 2.45) is 4.99 Å². The van der Waals surface area contributed by atoms with Crippen molar-refractivity contribution in [1.82, 2.24) is 25.1 Å². The number of carbonyl (C=O) groups excluding carboxylic acids is 3. The number of alkyl carbamates (subject to hydrolysis) is 1. The van der Waals surface area contributed by atoms with Gasteiger partial charge in [-0.1, -0.05) is 78.9 Å². The Morgan fingerprint density at radius 3 is 2.21 bits per heavy atom. The molecule has 5 heterocycles. The predicted octanol–water partition coefficient (Wildman–Crippen LogP) is 6.86. The number of H-pyrrole nitrogens is 1. The van der Waals surface area contributed by atoms with Gasteiger partial charge < -0.3 is 29.6 Å². The Hall–Kier alpha value is -5.55. The molecule has 0 saturated carbocycles. The lowest BCUT2D eigenvalue weighted by atomic mass is 9.96. The van der Waals surface area contributed by atoms with Gasteiger partial charge in [-0.05, 0) is 71.9 Å². The molecular weight excluding hydrogens is 668 g/mol. The fraction of sp³-hybridized carbons (Fsp3) is 0.357. The maximum Gasteiger partial charge on any atom is 0.407 e. The highest BCUT2D eigenvalue weighted by Crippen LogP contribution is 2.35. The maximum atomic E-state index is 13.9. The summed E-state index contributed by atoms with van der Waals surface area (Å²) >= 11 is 0. The quantitative estimate of drug-likeness (QED) is 0.195. The second kappa shape index (κ2) is 15.2. The Morgan fingerprint density at radius 1 is 0.830 bits per heavy atom. The van der Waals surface area contributed by atoms with Gasteiger partial charge in [-0.25, -0.2) is 9.78 Å². The van der Waals surface area contributed by atoms with Crippen molar-refractivity contribution in [3.05, 3.63) is 108 Å². The van der Waals surface area contributed by atoms with E-state index in [1.165, 1.54) is 7.11 Å². The number of ether oxygens (including phenoxy) is 2. The summed E-state index contributed by atoms with van der Waals surface area (Å²) in [6, 6.07) is 25.2. The first kappa shape index (κ1) is 34.5. The van der Waals surface area contributed by atoms with Crippen LogP contribution >= 0.6 is 0 Å². The Balaban J connectivity index is 0.896. The number of nitrogens with zero attached hydrogens (tertiary/aromatic N) is 4. The summed E-state index contributed by atoms with van der Waals surface area (Å²) in [5.41, 5.74) is 8.07. The fourth-order valence-electron chi connectivity index (χ4n) is 8.12. The maximum absolute atomic E-state index is 13.9. The molecule has 3 saturated heterocycles. The van der Waals surface area contributed by atoms with Crippen molar-refractivity contribution in [1.29, 1.82) is 0 Å². The molecule has 0 aliphatic carbocycles. The highest BCUT2D eigenvalue weighted by atomic mass is 16.5. The molecule has 11 heteroatoms. The molecule has 0 bridgehead atoms. The van der Waals surface area contributed by atoms with E-state index in [1.807, 2.05) is 52.5 Å². The van der Waals surface area contributed by atoms with Gasteiger partial charge >= 0.3 is 6.09 Å². The van der Waals surface area contributed by atoms with Gasteiger partial charge in [0.05, 0.1) is 31.1 Å². The van der Waals surface area contributed by atoms with E-state index in [2.05, 4.69) is 58.8 Å². The molecule has 11 nitrogen and oxygen atoms in total. The van der Waals surface area contributed by atoms with Crippen LogP contribution < -0.4 is 5.32 Å². The van der Waals surface area contributed by atoms with Crippen molar-refractivity contribution in [2.75, 3.05) is 26.8 Å². The van der Waals surface area contributed by atoms with Crippen molar-refractivity contribution >= 4 is 29.2 Å². The molecular formula is C42H44N6O5. The van der Waals surface area contributed by atoms with Crippen LogP contribution in [-0.2, 0) is 19.1 Å². The monoisotopic (exact) mass is 712 g/mol. The number of rotatable bonds is 9. The van der Waals surface area contributed by atoms with Crippen molar-refractivity contribution in [2.45, 2.75) is 69.2 Å². The molecule has 4 aromatic rings. The highest BCUT2D eigenvalue weighted by molar-refractivity contribution is 6.04. The number of methoxy groups -OCH3 is 1. The number of nitrogens with one attached hydrogen (secondary N) is 2. The summed E-state index contributed by atoms with van der Waals surface area (Å²) in [4.78, 5) is 56.0. The molecule has 4 aliphatic heterocycles. The van der Waals surface area contributed by atoms with Gasteiger partial charge in [0.25, 0.3) is 5.91 Å². The van der Waals surface area contributed by atoms with Gasteiger partial charge in [-0.15, -0.1) is 0 Å². The van der Waals surface area contributed by atoms with E-state index in [1.54, 1.807) is 0 Å². The van der Waals surface area contributed by atoms with Crippen LogP contribution in [0.25, 0.3) is 28.0 Å². The Morgan fingerprint density at radius 2 is 1.51 bits per heavy atom. The number of aromatic nitrogens is 2. The fourth-order valence-corrected chi connectivity index (χ4v) is 8.12. The number of carbonyl (C=O) groups is 3. The largest absolute Gasteiger partial charge is 0.453 e. The third-order valence-electron chi connectivity index (χ3n) is 10.9. The Kier molecular flexibility index (Phi) is 9.90. The molecule has 4 aliphatic rings. The molecule has 53 heavy (non-hydrogen) atoms. The molecule has 3 amide bonds. The van der Waals surface area contributed by atoms with E-state index in [0.717, 1.165) is 90.1 Å². The average molecular weight is 713 g/mol. The summed E-state index contributed by atoms with van der Waals surface area (Å²) in [7, 11) is 1.30. The van der Waals surface area contributed by atoms with E-state index in [-0.39, 0.29) is 30.0 Å². The standard InChI is InChI=1S/C42H44N6O5/c1-52-42(51)46-38(31-8-3-2-4-9-31)41(50)47-21-5-10-35(47)33-24-32(25-43-33)29-15-13-27(14-16-29)28-17-19-30(20-18-28)34-26-44-39(45-34)36-11-6-22-48(36)40(49)37-12-7-23-53-37/h2-4,8-9,13-20,25-26,35-38H,5-7,10-12,21-24H2,1H3,(H,44,45)(H,46,51)/t35-,36-,37+,38+/m0/s1. The van der Waals surface area contributed by atoms with Crippen LogP contribution in [0.5, 0.6) is 0 Å². The van der Waals surface area contributed by atoms with Crippen LogP contribution in [0, 0.1) is 0 Å². The molecule has 3 aromatic carbocycles. The summed E-state index contributed by atoms with van der Waals surface area (Å²) in [5, 5.41) is 2.73. The van der Waals surface area contributed by atoms with Gasteiger partial charge in [-0.2, -0.15) is 0 Å². The number of hydrogen-bond acceptors (Lipinski definition) is 7. The number of benzene rings is 3. The zero-order valence-electron chi connectivity index (χ0n) is 29.9. The number of imidazole rings is 1. The van der Waals surface area contributed by atoms with Crippen LogP contribution in [0.3, 0.4) is 0 Å². The molecule has 0 spiro atoms. The van der Waals surface area contributed by atoms with Crippen LogP contribution in [-0.4, -0.2) is 82.3 Å². The molecule has 3 fully saturated rings. The van der Waals surface area contributed by atoms with Crippen LogP contribution in [0.1, 0.15) is 74.0 Å². The second-order valence-electron chi connectivity index (χ2n) is 14.1. The Bertz CT molecular complexity index is 2020. The van der Waals surface area contributed by atoms with Crippen molar-refractivity contribution in [3.63, 3.8) is 0 Å². The van der Waals surface area contributed by atoms with Gasteiger partial charge in [0.15, 0.2) is 0 Å². The number of aliphatic imine (C=N–C) groups is 1. The first-order valence-corrected chi connectivity index (χ1v) is 18.6. The molecule has 4 atom stereocenters. The zero-order chi connectivity index (χ0) is 36.3. The van der Waals surface area contributed by atoms with Crippen molar-refractivity contribution < 1.29 is 23.9 Å². The molecule has 272 valence electrons. The van der Waals surface area contributed by atoms with E-state index < -0.39 is 12.1 Å². The van der Waals surface area contributed by atoms with E-state index in [4.69, 9.17) is 19.5 Å². The SMILES string of the molecule is COC(=O)N[C@@H](C(=O)N1CCC[C@H]1C1=NC=C(c2ccc(-c3ccc(-c4cnc([C@@H]5CCCN5C(=O)[C@H]5CCCO5)[nH]4)cc3)cc2)C1)c1ccccc1. The van der Waals surface area contributed by atoms with Crippen LogP contribution in [0.15, 0.2) is 96.3 Å². The first-order chi connectivity index (χ1) is 26.0. The first-order valence-electron chi connectivity index (χ1n) is 18.6. The topological polar surface area (TPSA) is 129 Å². The zero-order valence-corrected chi connectivity index (χ0v) is 29.9. The number of allylic oxidation sites excluding steroid dienone is 1. The number of likely N-dealkylation sites (tertiary alicyclic amines) is 2. The third-order valence-corrected chi connectivity index (χ3v) is 10.9. The predicted molar refractivity (Wildman–Crippen MR) is 202 cm³/mol. The number of amides is 3.